The lowest BCUT2D eigenvalue weighted by Gasteiger charge is -2.18. The molecule has 1 heterocycles. The molecule has 5 nitrogen and oxygen atoms in total. The topological polar surface area (TPSA) is 65.0 Å². The average molecular weight is 213 g/mol. The zero-order chi connectivity index (χ0) is 11.5. The van der Waals surface area contributed by atoms with Gasteiger partial charge < -0.3 is 9.47 Å². The summed E-state index contributed by atoms with van der Waals surface area (Å²) in [6.07, 6.45) is 1.80. The van der Waals surface area contributed by atoms with Crippen LogP contribution < -0.4 is 0 Å². The SMILES string of the molecule is CCOC(=O)C1(C)C=NC(C(=O)OC)C1. The molecule has 0 aromatic rings. The summed E-state index contributed by atoms with van der Waals surface area (Å²) in [5, 5.41) is 0. The Balaban J connectivity index is 2.66. The summed E-state index contributed by atoms with van der Waals surface area (Å²) >= 11 is 0. The largest absolute Gasteiger partial charge is 0.467 e. The molecule has 0 fully saturated rings. The summed E-state index contributed by atoms with van der Waals surface area (Å²) in [6, 6.07) is -0.579. The number of rotatable bonds is 3. The van der Waals surface area contributed by atoms with Crippen molar-refractivity contribution in [2.45, 2.75) is 26.3 Å². The molecule has 0 saturated carbocycles. The van der Waals surface area contributed by atoms with Crippen LogP contribution in [0.5, 0.6) is 0 Å². The lowest BCUT2D eigenvalue weighted by Crippen LogP contribution is -2.32. The first-order chi connectivity index (χ1) is 7.03. The van der Waals surface area contributed by atoms with E-state index in [9.17, 15) is 9.59 Å². The van der Waals surface area contributed by atoms with E-state index in [0.717, 1.165) is 0 Å². The van der Waals surface area contributed by atoms with Crippen LogP contribution in [-0.4, -0.2) is 37.9 Å². The number of hydrogen-bond acceptors (Lipinski definition) is 5. The molecule has 2 atom stereocenters. The van der Waals surface area contributed by atoms with Crippen LogP contribution in [0.2, 0.25) is 0 Å². The number of methoxy groups -OCH3 is 1. The fourth-order valence-corrected chi connectivity index (χ4v) is 1.47. The highest BCUT2D eigenvalue weighted by Gasteiger charge is 2.42. The zero-order valence-electron chi connectivity index (χ0n) is 9.15. The highest BCUT2D eigenvalue weighted by Crippen LogP contribution is 2.30. The molecule has 0 radical (unpaired) electrons. The molecule has 0 spiro atoms. The van der Waals surface area contributed by atoms with Crippen LogP contribution in [0.4, 0.5) is 0 Å². The third kappa shape index (κ3) is 2.34. The van der Waals surface area contributed by atoms with Crippen molar-refractivity contribution in [1.82, 2.24) is 0 Å². The van der Waals surface area contributed by atoms with E-state index in [-0.39, 0.29) is 5.97 Å². The fraction of sp³-hybridized carbons (Fsp3) is 0.700. The van der Waals surface area contributed by atoms with E-state index >= 15 is 0 Å². The Labute approximate surface area is 88.5 Å². The smallest absolute Gasteiger partial charge is 0.330 e. The average Bonchev–Trinajstić information content (AvgIpc) is 2.62. The number of carbonyl (C=O) groups excluding carboxylic acids is 2. The minimum atomic E-state index is -0.797. The molecule has 1 aliphatic heterocycles. The highest BCUT2D eigenvalue weighted by molar-refractivity contribution is 5.98. The molecule has 0 aliphatic carbocycles. The number of ether oxygens (including phenoxy) is 2. The van der Waals surface area contributed by atoms with E-state index in [1.165, 1.54) is 13.3 Å². The summed E-state index contributed by atoms with van der Waals surface area (Å²) in [7, 11) is 1.30. The van der Waals surface area contributed by atoms with Gasteiger partial charge in [-0.1, -0.05) is 0 Å². The monoisotopic (exact) mass is 213 g/mol. The summed E-state index contributed by atoms with van der Waals surface area (Å²) in [6.45, 7) is 3.77. The lowest BCUT2D eigenvalue weighted by atomic mass is 9.88. The Bertz CT molecular complexity index is 300. The van der Waals surface area contributed by atoms with Crippen LogP contribution >= 0.6 is 0 Å². The fourth-order valence-electron chi connectivity index (χ4n) is 1.47. The van der Waals surface area contributed by atoms with Gasteiger partial charge >= 0.3 is 11.9 Å². The standard InChI is InChI=1S/C10H15NO4/c1-4-15-9(13)10(2)5-7(11-6-10)8(12)14-3/h6-7H,4-5H2,1-3H3. The van der Waals surface area contributed by atoms with Crippen LogP contribution in [-0.2, 0) is 19.1 Å². The van der Waals surface area contributed by atoms with Crippen molar-refractivity contribution >= 4 is 18.2 Å². The normalized spacial score (nSPS) is 28.9. The second-order valence-corrected chi connectivity index (χ2v) is 3.66. The molecule has 0 N–H and O–H groups in total. The van der Waals surface area contributed by atoms with Gasteiger partial charge in [-0.15, -0.1) is 0 Å². The molecule has 2 unspecified atom stereocenters. The molecular weight excluding hydrogens is 198 g/mol. The van der Waals surface area contributed by atoms with Crippen LogP contribution in [0.15, 0.2) is 4.99 Å². The van der Waals surface area contributed by atoms with Gasteiger partial charge in [0.25, 0.3) is 0 Å². The van der Waals surface area contributed by atoms with Crippen LogP contribution in [0, 0.1) is 5.41 Å². The maximum absolute atomic E-state index is 11.6. The van der Waals surface area contributed by atoms with Crippen LogP contribution in [0.3, 0.4) is 0 Å². The van der Waals surface area contributed by atoms with Gasteiger partial charge in [0.1, 0.15) is 11.5 Å². The molecule has 1 aliphatic rings. The molecule has 0 aromatic heterocycles. The number of hydrogen-bond donors (Lipinski definition) is 0. The van der Waals surface area contributed by atoms with E-state index in [2.05, 4.69) is 9.73 Å². The quantitative estimate of drug-likeness (QED) is 0.643. The van der Waals surface area contributed by atoms with Gasteiger partial charge in [-0.05, 0) is 13.8 Å². The Morgan fingerprint density at radius 1 is 1.60 bits per heavy atom. The Hall–Kier alpha value is -1.39. The maximum atomic E-state index is 11.6. The van der Waals surface area contributed by atoms with Crippen LogP contribution in [0.25, 0.3) is 0 Å². The van der Waals surface area contributed by atoms with Crippen molar-refractivity contribution in [3.8, 4) is 0 Å². The van der Waals surface area contributed by atoms with Gasteiger partial charge in [0, 0.05) is 12.6 Å². The van der Waals surface area contributed by atoms with E-state index < -0.39 is 17.4 Å². The van der Waals surface area contributed by atoms with Crippen molar-refractivity contribution in [2.75, 3.05) is 13.7 Å². The van der Waals surface area contributed by atoms with Gasteiger partial charge in [0.2, 0.25) is 0 Å². The third-order valence-electron chi connectivity index (χ3n) is 2.37. The van der Waals surface area contributed by atoms with Gasteiger partial charge in [-0.2, -0.15) is 0 Å². The van der Waals surface area contributed by atoms with E-state index in [4.69, 9.17) is 4.74 Å². The third-order valence-corrected chi connectivity index (χ3v) is 2.37. The summed E-state index contributed by atoms with van der Waals surface area (Å²) in [5.41, 5.74) is -0.797. The molecular formula is C10H15NO4. The summed E-state index contributed by atoms with van der Waals surface area (Å²) < 4.78 is 9.47. The van der Waals surface area contributed by atoms with Crippen molar-refractivity contribution < 1.29 is 19.1 Å². The lowest BCUT2D eigenvalue weighted by molar-refractivity contribution is -0.151. The second kappa shape index (κ2) is 4.42. The predicted octanol–water partition coefficient (Wildman–Crippen LogP) is 0.572. The van der Waals surface area contributed by atoms with E-state index in [0.29, 0.717) is 13.0 Å². The minimum absolute atomic E-state index is 0.318. The van der Waals surface area contributed by atoms with Gasteiger partial charge in [0.15, 0.2) is 0 Å². The van der Waals surface area contributed by atoms with E-state index in [1.54, 1.807) is 13.8 Å². The van der Waals surface area contributed by atoms with Gasteiger partial charge in [-0.25, -0.2) is 4.79 Å². The number of carbonyl (C=O) groups is 2. The first-order valence-electron chi connectivity index (χ1n) is 4.83. The zero-order valence-corrected chi connectivity index (χ0v) is 9.15. The second-order valence-electron chi connectivity index (χ2n) is 3.66. The number of aliphatic imine (C=N–C) groups is 1. The molecule has 15 heavy (non-hydrogen) atoms. The van der Waals surface area contributed by atoms with Crippen molar-refractivity contribution in [3.63, 3.8) is 0 Å². The molecule has 5 heteroatoms. The van der Waals surface area contributed by atoms with Gasteiger partial charge in [-0.3, -0.25) is 9.79 Å². The van der Waals surface area contributed by atoms with Crippen molar-refractivity contribution in [1.29, 1.82) is 0 Å². The molecule has 0 aromatic carbocycles. The predicted molar refractivity (Wildman–Crippen MR) is 53.7 cm³/mol. The molecule has 0 amide bonds. The first-order valence-corrected chi connectivity index (χ1v) is 4.83. The Morgan fingerprint density at radius 3 is 2.80 bits per heavy atom. The molecule has 0 bridgehead atoms. The maximum Gasteiger partial charge on any atom is 0.330 e. The number of nitrogens with zero attached hydrogens (tertiary/aromatic N) is 1. The molecule has 84 valence electrons. The first kappa shape index (κ1) is 11.7. The highest BCUT2D eigenvalue weighted by atomic mass is 16.5. The summed E-state index contributed by atoms with van der Waals surface area (Å²) in [5.74, 6) is -0.764. The minimum Gasteiger partial charge on any atom is -0.467 e. The molecule has 1 rings (SSSR count). The Morgan fingerprint density at radius 2 is 2.27 bits per heavy atom. The number of esters is 2. The Kier molecular flexibility index (Phi) is 3.44. The van der Waals surface area contributed by atoms with Crippen molar-refractivity contribution in [2.24, 2.45) is 10.4 Å². The molecule has 0 saturated heterocycles. The van der Waals surface area contributed by atoms with Gasteiger partial charge in [0.05, 0.1) is 13.7 Å². The van der Waals surface area contributed by atoms with E-state index in [1.807, 2.05) is 0 Å². The van der Waals surface area contributed by atoms with Crippen LogP contribution in [0.1, 0.15) is 20.3 Å². The summed E-state index contributed by atoms with van der Waals surface area (Å²) in [4.78, 5) is 26.7. The van der Waals surface area contributed by atoms with Crippen molar-refractivity contribution in [3.05, 3.63) is 0 Å².